The monoisotopic (exact) mass is 155 g/mol. The number of Topliss-reactive ketones (excluding diaryl/α,β-unsaturated/α-hetero) is 1. The van der Waals surface area contributed by atoms with Gasteiger partial charge in [0.25, 0.3) is 0 Å². The van der Waals surface area contributed by atoms with Crippen LogP contribution in [0.15, 0.2) is 0 Å². The van der Waals surface area contributed by atoms with Crippen LogP contribution in [0, 0.1) is 11.8 Å². The molecule has 1 aliphatic carbocycles. The summed E-state index contributed by atoms with van der Waals surface area (Å²) in [6.45, 7) is 1.62. The van der Waals surface area contributed by atoms with E-state index in [1.807, 2.05) is 0 Å². The SMILES string of the molecule is O=C1CC2CNCC(C1)C2O. The predicted octanol–water partition coefficient (Wildman–Crippen LogP) is -0.454. The lowest BCUT2D eigenvalue weighted by Gasteiger charge is -2.38. The van der Waals surface area contributed by atoms with E-state index < -0.39 is 0 Å². The van der Waals surface area contributed by atoms with Gasteiger partial charge in [0.2, 0.25) is 0 Å². The maximum atomic E-state index is 11.1. The van der Waals surface area contributed by atoms with E-state index in [0.717, 1.165) is 13.1 Å². The first-order valence-corrected chi connectivity index (χ1v) is 4.18. The standard InChI is InChI=1S/C8H13NO2/c10-7-1-5-3-9-4-6(2-7)8(5)11/h5-6,8-9,11H,1-4H2. The van der Waals surface area contributed by atoms with Crippen molar-refractivity contribution in [2.24, 2.45) is 11.8 Å². The zero-order valence-electron chi connectivity index (χ0n) is 6.42. The van der Waals surface area contributed by atoms with Crippen LogP contribution in [0.25, 0.3) is 0 Å². The van der Waals surface area contributed by atoms with E-state index in [0.29, 0.717) is 18.6 Å². The van der Waals surface area contributed by atoms with Gasteiger partial charge < -0.3 is 10.4 Å². The van der Waals surface area contributed by atoms with Crippen LogP contribution in [0.1, 0.15) is 12.8 Å². The third-order valence-electron chi connectivity index (χ3n) is 2.76. The third kappa shape index (κ3) is 1.19. The van der Waals surface area contributed by atoms with Crippen molar-refractivity contribution in [3.8, 4) is 0 Å². The molecule has 1 saturated carbocycles. The number of aliphatic hydroxyl groups is 1. The van der Waals surface area contributed by atoms with Crippen LogP contribution >= 0.6 is 0 Å². The number of ketones is 1. The summed E-state index contributed by atoms with van der Waals surface area (Å²) in [7, 11) is 0. The van der Waals surface area contributed by atoms with Gasteiger partial charge in [-0.05, 0) is 0 Å². The van der Waals surface area contributed by atoms with Crippen LogP contribution in [0.2, 0.25) is 0 Å². The Labute approximate surface area is 65.8 Å². The zero-order valence-corrected chi connectivity index (χ0v) is 6.42. The molecule has 62 valence electrons. The van der Waals surface area contributed by atoms with Crippen LogP contribution < -0.4 is 5.32 Å². The number of rotatable bonds is 0. The van der Waals surface area contributed by atoms with Crippen molar-refractivity contribution in [1.82, 2.24) is 5.32 Å². The maximum absolute atomic E-state index is 11.1. The summed E-state index contributed by atoms with van der Waals surface area (Å²) in [6.07, 6.45) is 0.920. The van der Waals surface area contributed by atoms with Crippen molar-refractivity contribution in [2.45, 2.75) is 18.9 Å². The van der Waals surface area contributed by atoms with Gasteiger partial charge in [0.1, 0.15) is 5.78 Å². The van der Waals surface area contributed by atoms with Crippen LogP contribution in [0.3, 0.4) is 0 Å². The number of fused-ring (bicyclic) bond motifs is 2. The Balaban J connectivity index is 2.12. The predicted molar refractivity (Wildman–Crippen MR) is 40.1 cm³/mol. The number of carbonyl (C=O) groups excluding carboxylic acids is 1. The average Bonchev–Trinajstić information content (AvgIpc) is 1.92. The summed E-state index contributed by atoms with van der Waals surface area (Å²) in [5, 5.41) is 12.8. The molecule has 2 fully saturated rings. The molecule has 2 rings (SSSR count). The second-order valence-electron chi connectivity index (χ2n) is 3.62. The van der Waals surface area contributed by atoms with Gasteiger partial charge in [0, 0.05) is 37.8 Å². The molecule has 0 spiro atoms. The van der Waals surface area contributed by atoms with E-state index in [9.17, 15) is 9.90 Å². The Bertz CT molecular complexity index is 165. The quantitative estimate of drug-likeness (QED) is 0.498. The van der Waals surface area contributed by atoms with Crippen molar-refractivity contribution in [3.05, 3.63) is 0 Å². The largest absolute Gasteiger partial charge is 0.392 e. The fourth-order valence-electron chi connectivity index (χ4n) is 2.13. The lowest BCUT2D eigenvalue weighted by Crippen LogP contribution is -2.51. The topological polar surface area (TPSA) is 49.3 Å². The van der Waals surface area contributed by atoms with Crippen molar-refractivity contribution in [2.75, 3.05) is 13.1 Å². The zero-order chi connectivity index (χ0) is 7.84. The fourth-order valence-corrected chi connectivity index (χ4v) is 2.13. The normalized spacial score (nSPS) is 44.1. The van der Waals surface area contributed by atoms with Gasteiger partial charge in [-0.15, -0.1) is 0 Å². The molecule has 0 aromatic rings. The van der Waals surface area contributed by atoms with E-state index in [-0.39, 0.29) is 17.9 Å². The van der Waals surface area contributed by atoms with Crippen LogP contribution in [0.4, 0.5) is 0 Å². The molecule has 2 N–H and O–H groups in total. The van der Waals surface area contributed by atoms with E-state index in [2.05, 4.69) is 5.32 Å². The Kier molecular flexibility index (Phi) is 1.69. The molecule has 11 heavy (non-hydrogen) atoms. The van der Waals surface area contributed by atoms with Crippen molar-refractivity contribution >= 4 is 5.78 Å². The Morgan fingerprint density at radius 2 is 1.82 bits per heavy atom. The molecule has 1 saturated heterocycles. The molecule has 2 aliphatic rings. The summed E-state index contributed by atoms with van der Waals surface area (Å²) in [5.74, 6) is 0.705. The molecule has 3 heteroatoms. The fraction of sp³-hybridized carbons (Fsp3) is 0.875. The first-order chi connectivity index (χ1) is 5.27. The summed E-state index contributed by atoms with van der Waals surface area (Å²) < 4.78 is 0. The molecule has 2 atom stereocenters. The molecule has 2 unspecified atom stereocenters. The highest BCUT2D eigenvalue weighted by atomic mass is 16.3. The minimum atomic E-state index is -0.228. The van der Waals surface area contributed by atoms with E-state index in [1.165, 1.54) is 0 Å². The minimum absolute atomic E-state index is 0.190. The molecule has 0 amide bonds. The summed E-state index contributed by atoms with van der Waals surface area (Å²) >= 11 is 0. The molecular formula is C8H13NO2. The molecule has 3 nitrogen and oxygen atoms in total. The summed E-state index contributed by atoms with van der Waals surface area (Å²) in [4.78, 5) is 11.1. The molecule has 1 heterocycles. The third-order valence-corrected chi connectivity index (χ3v) is 2.76. The number of hydrogen-bond donors (Lipinski definition) is 2. The maximum Gasteiger partial charge on any atom is 0.133 e. The second kappa shape index (κ2) is 2.57. The van der Waals surface area contributed by atoms with Gasteiger partial charge >= 0.3 is 0 Å². The van der Waals surface area contributed by atoms with Gasteiger partial charge in [0.15, 0.2) is 0 Å². The molecule has 2 bridgehead atoms. The lowest BCUT2D eigenvalue weighted by atomic mass is 9.75. The van der Waals surface area contributed by atoms with Gasteiger partial charge in [-0.3, -0.25) is 4.79 Å². The molecule has 0 aromatic carbocycles. The van der Waals surface area contributed by atoms with Crippen molar-refractivity contribution < 1.29 is 9.90 Å². The highest BCUT2D eigenvalue weighted by Gasteiger charge is 2.38. The molecule has 1 aliphatic heterocycles. The van der Waals surface area contributed by atoms with Crippen LogP contribution in [0.5, 0.6) is 0 Å². The van der Waals surface area contributed by atoms with Crippen molar-refractivity contribution in [1.29, 1.82) is 0 Å². The Morgan fingerprint density at radius 3 is 2.36 bits per heavy atom. The van der Waals surface area contributed by atoms with E-state index in [4.69, 9.17) is 0 Å². The Morgan fingerprint density at radius 1 is 1.27 bits per heavy atom. The molecular weight excluding hydrogens is 142 g/mol. The smallest absolute Gasteiger partial charge is 0.133 e. The van der Waals surface area contributed by atoms with Gasteiger partial charge in [0.05, 0.1) is 6.10 Å². The van der Waals surface area contributed by atoms with Gasteiger partial charge in [-0.2, -0.15) is 0 Å². The highest BCUT2D eigenvalue weighted by Crippen LogP contribution is 2.29. The number of nitrogens with one attached hydrogen (secondary N) is 1. The highest BCUT2D eigenvalue weighted by molar-refractivity contribution is 5.80. The first kappa shape index (κ1) is 7.25. The number of aliphatic hydroxyl groups excluding tert-OH is 1. The Hall–Kier alpha value is -0.410. The number of carbonyl (C=O) groups is 1. The van der Waals surface area contributed by atoms with Crippen molar-refractivity contribution in [3.63, 3.8) is 0 Å². The number of piperidine rings is 1. The first-order valence-electron chi connectivity index (χ1n) is 4.18. The second-order valence-corrected chi connectivity index (χ2v) is 3.62. The van der Waals surface area contributed by atoms with Gasteiger partial charge in [-0.1, -0.05) is 0 Å². The van der Waals surface area contributed by atoms with E-state index in [1.54, 1.807) is 0 Å². The number of hydrogen-bond acceptors (Lipinski definition) is 3. The minimum Gasteiger partial charge on any atom is -0.392 e. The van der Waals surface area contributed by atoms with Gasteiger partial charge in [-0.25, -0.2) is 0 Å². The molecule has 0 radical (unpaired) electrons. The lowest BCUT2D eigenvalue weighted by molar-refractivity contribution is -0.129. The summed E-state index contributed by atoms with van der Waals surface area (Å²) in [6, 6.07) is 0. The average molecular weight is 155 g/mol. The molecule has 0 aromatic heterocycles. The summed E-state index contributed by atoms with van der Waals surface area (Å²) in [5.41, 5.74) is 0. The van der Waals surface area contributed by atoms with Crippen LogP contribution in [-0.2, 0) is 4.79 Å². The van der Waals surface area contributed by atoms with Crippen LogP contribution in [-0.4, -0.2) is 30.1 Å². The van der Waals surface area contributed by atoms with E-state index >= 15 is 0 Å².